The minimum atomic E-state index is -0.427. The molecule has 2 heterocycles. The van der Waals surface area contributed by atoms with Crippen LogP contribution in [0.5, 0.6) is 0 Å². The molecule has 0 aliphatic carbocycles. The molecule has 0 aromatic carbocycles. The molecule has 19 heavy (non-hydrogen) atoms. The topological polar surface area (TPSA) is 51.3 Å². The molecular weight excluding hydrogens is 241 g/mol. The van der Waals surface area contributed by atoms with E-state index in [4.69, 9.17) is 9.31 Å². The van der Waals surface area contributed by atoms with E-state index in [1.54, 1.807) is 18.2 Å². The number of pyridine rings is 1. The van der Waals surface area contributed by atoms with Crippen molar-refractivity contribution in [1.82, 2.24) is 4.98 Å². The molecule has 0 bridgehead atoms. The second-order valence-electron chi connectivity index (χ2n) is 5.89. The first-order valence-corrected chi connectivity index (χ1v) is 6.45. The van der Waals surface area contributed by atoms with Crippen LogP contribution in [0.25, 0.3) is 6.08 Å². The lowest BCUT2D eigenvalue weighted by Crippen LogP contribution is -2.41. The zero-order valence-corrected chi connectivity index (χ0v) is 12.1. The van der Waals surface area contributed by atoms with Crippen molar-refractivity contribution in [2.45, 2.75) is 45.8 Å². The number of H-pyrrole nitrogens is 1. The Morgan fingerprint density at radius 1 is 1.21 bits per heavy atom. The number of rotatable bonds is 2. The molecular formula is C14H20BNO3. The molecule has 1 N–H and O–H groups in total. The largest absolute Gasteiger partial charge is 0.487 e. The summed E-state index contributed by atoms with van der Waals surface area (Å²) in [6.07, 6.45) is 3.40. The van der Waals surface area contributed by atoms with Crippen LogP contribution in [0.15, 0.2) is 23.0 Å². The van der Waals surface area contributed by atoms with Crippen LogP contribution in [0, 0.1) is 6.92 Å². The van der Waals surface area contributed by atoms with Crippen molar-refractivity contribution in [3.8, 4) is 0 Å². The van der Waals surface area contributed by atoms with Crippen LogP contribution in [0.2, 0.25) is 0 Å². The van der Waals surface area contributed by atoms with Gasteiger partial charge < -0.3 is 14.3 Å². The highest BCUT2D eigenvalue weighted by Crippen LogP contribution is 2.36. The highest BCUT2D eigenvalue weighted by atomic mass is 16.7. The maximum absolute atomic E-state index is 11.7. The first kappa shape index (κ1) is 14.1. The molecule has 1 aliphatic rings. The SMILES string of the molecule is Cc1cc[nH]c(=O)c1/C=C/B1OC(C)(C)C(C)(C)O1. The van der Waals surface area contributed by atoms with E-state index in [1.165, 1.54) is 0 Å². The molecule has 4 nitrogen and oxygen atoms in total. The molecule has 1 aromatic heterocycles. The summed E-state index contributed by atoms with van der Waals surface area (Å²) in [5, 5.41) is 0. The summed E-state index contributed by atoms with van der Waals surface area (Å²) in [5.41, 5.74) is 0.738. The number of aryl methyl sites for hydroxylation is 1. The summed E-state index contributed by atoms with van der Waals surface area (Å²) >= 11 is 0. The number of aromatic amines is 1. The van der Waals surface area contributed by atoms with Crippen molar-refractivity contribution in [3.05, 3.63) is 39.7 Å². The van der Waals surface area contributed by atoms with Gasteiger partial charge in [-0.25, -0.2) is 0 Å². The predicted molar refractivity (Wildman–Crippen MR) is 76.9 cm³/mol. The monoisotopic (exact) mass is 261 g/mol. The second kappa shape index (κ2) is 4.65. The van der Waals surface area contributed by atoms with Gasteiger partial charge in [-0.3, -0.25) is 4.79 Å². The summed E-state index contributed by atoms with van der Waals surface area (Å²) in [6.45, 7) is 9.91. The Morgan fingerprint density at radius 3 is 2.32 bits per heavy atom. The van der Waals surface area contributed by atoms with Crippen molar-refractivity contribution in [1.29, 1.82) is 0 Å². The van der Waals surface area contributed by atoms with Crippen LogP contribution in [0.3, 0.4) is 0 Å². The van der Waals surface area contributed by atoms with E-state index in [9.17, 15) is 4.79 Å². The molecule has 5 heteroatoms. The Morgan fingerprint density at radius 2 is 1.79 bits per heavy atom. The van der Waals surface area contributed by atoms with E-state index < -0.39 is 7.12 Å². The summed E-state index contributed by atoms with van der Waals surface area (Å²) in [5.74, 6) is 1.79. The van der Waals surface area contributed by atoms with Crippen LogP contribution >= 0.6 is 0 Å². The van der Waals surface area contributed by atoms with Crippen molar-refractivity contribution in [2.75, 3.05) is 0 Å². The number of hydrogen-bond acceptors (Lipinski definition) is 3. The summed E-state index contributed by atoms with van der Waals surface area (Å²) in [4.78, 5) is 14.4. The Labute approximate surface area is 114 Å². The van der Waals surface area contributed by atoms with E-state index in [0.29, 0.717) is 5.56 Å². The summed E-state index contributed by atoms with van der Waals surface area (Å²) in [7, 11) is -0.427. The van der Waals surface area contributed by atoms with Gasteiger partial charge in [0.05, 0.1) is 11.2 Å². The molecule has 0 unspecified atom stereocenters. The third-order valence-corrected chi connectivity index (χ3v) is 3.91. The Hall–Kier alpha value is -1.33. The van der Waals surface area contributed by atoms with Crippen LogP contribution in [0.1, 0.15) is 38.8 Å². The fourth-order valence-corrected chi connectivity index (χ4v) is 1.94. The lowest BCUT2D eigenvalue weighted by molar-refractivity contribution is 0.00578. The molecule has 0 spiro atoms. The molecule has 0 amide bonds. The van der Waals surface area contributed by atoms with Crippen LogP contribution in [-0.4, -0.2) is 23.3 Å². The molecule has 1 fully saturated rings. The third kappa shape index (κ3) is 2.67. The van der Waals surface area contributed by atoms with Gasteiger partial charge in [0.1, 0.15) is 0 Å². The highest BCUT2D eigenvalue weighted by molar-refractivity contribution is 6.52. The van der Waals surface area contributed by atoms with E-state index in [-0.39, 0.29) is 16.8 Å². The first-order valence-electron chi connectivity index (χ1n) is 6.45. The van der Waals surface area contributed by atoms with Gasteiger partial charge in [-0.2, -0.15) is 0 Å². The van der Waals surface area contributed by atoms with E-state index in [0.717, 1.165) is 5.56 Å². The van der Waals surface area contributed by atoms with E-state index in [2.05, 4.69) is 4.98 Å². The molecule has 0 atom stereocenters. The van der Waals surface area contributed by atoms with Gasteiger partial charge in [0.2, 0.25) is 0 Å². The van der Waals surface area contributed by atoms with Crippen LogP contribution in [-0.2, 0) is 9.31 Å². The standard InChI is InChI=1S/C14H20BNO3/c1-10-7-9-16-12(17)11(10)6-8-15-18-13(2,3)14(4,5)19-15/h6-9H,1-5H3,(H,16,17)/b8-6+. The van der Waals surface area contributed by atoms with Gasteiger partial charge in [0.25, 0.3) is 5.56 Å². The minimum absolute atomic E-state index is 0.104. The zero-order chi connectivity index (χ0) is 14.3. The highest BCUT2D eigenvalue weighted by Gasteiger charge is 2.49. The summed E-state index contributed by atoms with van der Waals surface area (Å²) in [6, 6.07) is 1.87. The maximum atomic E-state index is 11.7. The molecule has 1 saturated heterocycles. The van der Waals surface area contributed by atoms with Crippen LogP contribution < -0.4 is 5.56 Å². The van der Waals surface area contributed by atoms with E-state index in [1.807, 2.05) is 40.7 Å². The fourth-order valence-electron chi connectivity index (χ4n) is 1.94. The average molecular weight is 261 g/mol. The van der Waals surface area contributed by atoms with Gasteiger partial charge in [-0.05, 0) is 46.2 Å². The predicted octanol–water partition coefficient (Wildman–Crippen LogP) is 2.33. The van der Waals surface area contributed by atoms with Gasteiger partial charge in [-0.15, -0.1) is 0 Å². The summed E-state index contributed by atoms with van der Waals surface area (Å²) < 4.78 is 11.7. The van der Waals surface area contributed by atoms with Crippen molar-refractivity contribution >= 4 is 13.2 Å². The fraction of sp³-hybridized carbons (Fsp3) is 0.500. The molecule has 0 radical (unpaired) electrons. The smallest absolute Gasteiger partial charge is 0.400 e. The van der Waals surface area contributed by atoms with Crippen LogP contribution in [0.4, 0.5) is 0 Å². The van der Waals surface area contributed by atoms with Gasteiger partial charge >= 0.3 is 7.12 Å². The second-order valence-corrected chi connectivity index (χ2v) is 5.89. The van der Waals surface area contributed by atoms with E-state index >= 15 is 0 Å². The third-order valence-electron chi connectivity index (χ3n) is 3.91. The lowest BCUT2D eigenvalue weighted by Gasteiger charge is -2.32. The normalized spacial score (nSPS) is 21.2. The molecule has 1 aromatic rings. The molecule has 0 saturated carbocycles. The molecule has 102 valence electrons. The van der Waals surface area contributed by atoms with Gasteiger partial charge in [0, 0.05) is 11.8 Å². The van der Waals surface area contributed by atoms with Gasteiger partial charge in [0.15, 0.2) is 0 Å². The van der Waals surface area contributed by atoms with Gasteiger partial charge in [-0.1, -0.05) is 12.1 Å². The Kier molecular flexibility index (Phi) is 3.45. The lowest BCUT2D eigenvalue weighted by atomic mass is 9.89. The maximum Gasteiger partial charge on any atom is 0.487 e. The number of hydrogen-bond donors (Lipinski definition) is 1. The first-order chi connectivity index (χ1) is 8.73. The minimum Gasteiger partial charge on any atom is -0.400 e. The molecule has 1 aliphatic heterocycles. The number of aromatic nitrogens is 1. The Balaban J connectivity index is 2.20. The van der Waals surface area contributed by atoms with Crippen molar-refractivity contribution < 1.29 is 9.31 Å². The zero-order valence-electron chi connectivity index (χ0n) is 12.1. The average Bonchev–Trinajstić information content (AvgIpc) is 2.46. The van der Waals surface area contributed by atoms with Crippen molar-refractivity contribution in [2.24, 2.45) is 0 Å². The quantitative estimate of drug-likeness (QED) is 0.831. The molecule has 2 rings (SSSR count). The van der Waals surface area contributed by atoms with Crippen molar-refractivity contribution in [3.63, 3.8) is 0 Å². The Bertz CT molecular complexity index is 544. The number of nitrogens with one attached hydrogen (secondary N) is 1.